The first-order valence-corrected chi connectivity index (χ1v) is 11.7. The molecule has 0 aliphatic heterocycles. The number of aromatic carboxylic acids is 1. The number of para-hydroxylation sites is 1. The highest BCUT2D eigenvalue weighted by Gasteiger charge is 2.21. The lowest BCUT2D eigenvalue weighted by atomic mass is 10.1. The van der Waals surface area contributed by atoms with Crippen LogP contribution in [0.25, 0.3) is 16.6 Å². The lowest BCUT2D eigenvalue weighted by Gasteiger charge is -2.10. The molecule has 35 heavy (non-hydrogen) atoms. The number of aryl methyl sites for hydroxylation is 2. The van der Waals surface area contributed by atoms with Crippen LogP contribution in [0.5, 0.6) is 5.88 Å². The van der Waals surface area contributed by atoms with Crippen molar-refractivity contribution in [2.75, 3.05) is 5.32 Å². The van der Waals surface area contributed by atoms with Gasteiger partial charge in [-0.1, -0.05) is 24.3 Å². The third kappa shape index (κ3) is 4.36. The molecular formula is C27H24N4O3S. The van der Waals surface area contributed by atoms with Gasteiger partial charge in [-0.2, -0.15) is 5.10 Å². The fraction of sp³-hybridized carbons (Fsp3) is 0.148. The Bertz CT molecular complexity index is 1490. The van der Waals surface area contributed by atoms with E-state index in [1.165, 1.54) is 23.3 Å². The number of nitrogens with one attached hydrogen (secondary N) is 2. The van der Waals surface area contributed by atoms with Gasteiger partial charge < -0.3 is 15.5 Å². The maximum Gasteiger partial charge on any atom is 0.335 e. The van der Waals surface area contributed by atoms with Gasteiger partial charge in [-0.25, -0.2) is 4.79 Å². The summed E-state index contributed by atoms with van der Waals surface area (Å²) in [4.78, 5) is 11.0. The smallest absolute Gasteiger partial charge is 0.335 e. The average Bonchev–Trinajstić information content (AvgIpc) is 3.44. The largest absolute Gasteiger partial charge is 0.494 e. The number of hydrogen-bond donors (Lipinski definition) is 4. The van der Waals surface area contributed by atoms with Gasteiger partial charge in [-0.15, -0.1) is 0 Å². The van der Waals surface area contributed by atoms with Gasteiger partial charge in [0.1, 0.15) is 0 Å². The van der Waals surface area contributed by atoms with Crippen molar-refractivity contribution in [2.24, 2.45) is 5.10 Å². The molecular weight excluding hydrogens is 460 g/mol. The number of benzene rings is 3. The Kier molecular flexibility index (Phi) is 5.96. The van der Waals surface area contributed by atoms with Gasteiger partial charge in [-0.3, -0.25) is 9.99 Å². The highest BCUT2D eigenvalue weighted by atomic mass is 32.1. The Morgan fingerprint density at radius 3 is 2.54 bits per heavy atom. The summed E-state index contributed by atoms with van der Waals surface area (Å²) in [5.41, 5.74) is 9.38. The Balaban J connectivity index is 1.43. The van der Waals surface area contributed by atoms with E-state index >= 15 is 0 Å². The van der Waals surface area contributed by atoms with Gasteiger partial charge in [0.25, 0.3) is 0 Å². The van der Waals surface area contributed by atoms with Crippen LogP contribution in [0.1, 0.15) is 40.4 Å². The van der Waals surface area contributed by atoms with Crippen molar-refractivity contribution in [1.82, 2.24) is 9.99 Å². The minimum atomic E-state index is -0.990. The summed E-state index contributed by atoms with van der Waals surface area (Å²) in [5, 5.41) is 28.9. The number of nitrogens with zero attached hydrogens (tertiary/aromatic N) is 2. The van der Waals surface area contributed by atoms with Crippen LogP contribution < -0.4 is 10.7 Å². The monoisotopic (exact) mass is 484 g/mol. The van der Waals surface area contributed by atoms with Gasteiger partial charge in [0.05, 0.1) is 22.4 Å². The van der Waals surface area contributed by atoms with E-state index in [2.05, 4.69) is 34.0 Å². The summed E-state index contributed by atoms with van der Waals surface area (Å²) in [6.45, 7) is 1.81. The highest BCUT2D eigenvalue weighted by molar-refractivity contribution is 7.80. The molecule has 0 spiro atoms. The fourth-order valence-electron chi connectivity index (χ4n) is 4.59. The van der Waals surface area contributed by atoms with E-state index in [-0.39, 0.29) is 16.6 Å². The molecule has 0 bridgehead atoms. The van der Waals surface area contributed by atoms with E-state index in [0.29, 0.717) is 17.0 Å². The summed E-state index contributed by atoms with van der Waals surface area (Å²) >= 11 is 5.33. The first kappa shape index (κ1) is 22.6. The van der Waals surface area contributed by atoms with Gasteiger partial charge in [-0.05, 0) is 92.0 Å². The predicted octanol–water partition coefficient (Wildman–Crippen LogP) is 5.23. The van der Waals surface area contributed by atoms with Crippen molar-refractivity contribution in [2.45, 2.75) is 26.2 Å². The molecule has 1 heterocycles. The number of thiocarbonyl (C=S) groups is 1. The number of carboxylic acid groups (broad SMARTS) is 1. The summed E-state index contributed by atoms with van der Waals surface area (Å²) in [5.74, 6) is -0.869. The second-order valence-electron chi connectivity index (χ2n) is 8.50. The van der Waals surface area contributed by atoms with E-state index < -0.39 is 5.97 Å². The van der Waals surface area contributed by atoms with Crippen LogP contribution in [0, 0.1) is 0 Å². The summed E-state index contributed by atoms with van der Waals surface area (Å²) < 4.78 is 1.86. The van der Waals surface area contributed by atoms with Gasteiger partial charge >= 0.3 is 5.97 Å². The van der Waals surface area contributed by atoms with Crippen molar-refractivity contribution in [3.8, 4) is 11.6 Å². The summed E-state index contributed by atoms with van der Waals surface area (Å²) in [6, 6.07) is 20.5. The molecule has 0 fully saturated rings. The SMILES string of the molecule is C/C(=N\NC(=S)Nc1ccc(C(=O)O)cc1)c1c(O)n(-c2ccc3c(c2)CCC3)c2ccccc12. The maximum absolute atomic E-state index is 11.3. The number of rotatable bonds is 5. The van der Waals surface area contributed by atoms with Gasteiger partial charge in [0.2, 0.25) is 5.88 Å². The number of aromatic hydroxyl groups is 1. The standard InChI is InChI=1S/C27H24N4O3S/c1-16(29-30-27(35)28-20-12-9-18(10-13-20)26(33)34)24-22-7-2-3-8-23(22)31(25(24)32)21-14-11-17-5-4-6-19(17)15-21/h2-3,7-15,32H,4-6H2,1H3,(H,33,34)(H2,28,30,35)/b29-16+. The number of carboxylic acids is 1. The Labute approximate surface area is 207 Å². The Morgan fingerprint density at radius 2 is 1.77 bits per heavy atom. The van der Waals surface area contributed by atoms with Crippen LogP contribution in [0.3, 0.4) is 0 Å². The average molecular weight is 485 g/mol. The number of aromatic nitrogens is 1. The van der Waals surface area contributed by atoms with Crippen molar-refractivity contribution < 1.29 is 15.0 Å². The van der Waals surface area contributed by atoms with Crippen LogP contribution >= 0.6 is 12.2 Å². The second kappa shape index (κ2) is 9.23. The second-order valence-corrected chi connectivity index (χ2v) is 8.91. The third-order valence-electron chi connectivity index (χ3n) is 6.27. The zero-order chi connectivity index (χ0) is 24.5. The first-order valence-electron chi connectivity index (χ1n) is 11.3. The Morgan fingerprint density at radius 1 is 1.03 bits per heavy atom. The zero-order valence-corrected chi connectivity index (χ0v) is 19.9. The molecule has 1 aliphatic rings. The molecule has 4 aromatic rings. The van der Waals surface area contributed by atoms with Crippen LogP contribution in [-0.4, -0.2) is 31.6 Å². The number of anilines is 1. The summed E-state index contributed by atoms with van der Waals surface area (Å²) in [7, 11) is 0. The van der Waals surface area contributed by atoms with Crippen molar-refractivity contribution >= 4 is 45.6 Å². The molecule has 5 rings (SSSR count). The lowest BCUT2D eigenvalue weighted by molar-refractivity contribution is 0.0697. The molecule has 1 aromatic heterocycles. The van der Waals surface area contributed by atoms with E-state index in [4.69, 9.17) is 17.3 Å². The number of hydrazone groups is 1. The lowest BCUT2D eigenvalue weighted by Crippen LogP contribution is -2.25. The van der Waals surface area contributed by atoms with Crippen LogP contribution in [0.2, 0.25) is 0 Å². The fourth-order valence-corrected chi connectivity index (χ4v) is 4.75. The molecule has 8 heteroatoms. The minimum absolute atomic E-state index is 0.121. The molecule has 0 unspecified atom stereocenters. The van der Waals surface area contributed by atoms with Gasteiger partial charge in [0, 0.05) is 16.8 Å². The molecule has 7 nitrogen and oxygen atoms in total. The number of carbonyl (C=O) groups is 1. The topological polar surface area (TPSA) is 98.9 Å². The van der Waals surface area contributed by atoms with E-state index in [1.54, 1.807) is 12.1 Å². The van der Waals surface area contributed by atoms with E-state index in [9.17, 15) is 9.90 Å². The zero-order valence-electron chi connectivity index (χ0n) is 19.1. The van der Waals surface area contributed by atoms with Crippen LogP contribution in [0.4, 0.5) is 5.69 Å². The first-order chi connectivity index (χ1) is 16.9. The third-order valence-corrected chi connectivity index (χ3v) is 6.46. The highest BCUT2D eigenvalue weighted by Crippen LogP contribution is 2.36. The number of hydrogen-bond acceptors (Lipinski definition) is 4. The normalized spacial score (nSPS) is 13.0. The van der Waals surface area contributed by atoms with Gasteiger partial charge in [0.15, 0.2) is 5.11 Å². The molecule has 0 saturated heterocycles. The molecule has 0 amide bonds. The molecule has 3 aromatic carbocycles. The molecule has 0 saturated carbocycles. The number of fused-ring (bicyclic) bond motifs is 2. The quantitative estimate of drug-likeness (QED) is 0.176. The van der Waals surface area contributed by atoms with Crippen molar-refractivity contribution in [3.63, 3.8) is 0 Å². The molecule has 0 radical (unpaired) electrons. The molecule has 0 atom stereocenters. The maximum atomic E-state index is 11.3. The summed E-state index contributed by atoms with van der Waals surface area (Å²) in [6.07, 6.45) is 3.33. The molecule has 1 aliphatic carbocycles. The van der Waals surface area contributed by atoms with E-state index in [1.807, 2.05) is 35.8 Å². The van der Waals surface area contributed by atoms with E-state index in [0.717, 1.165) is 35.9 Å². The Hall–Kier alpha value is -4.17. The van der Waals surface area contributed by atoms with Crippen LogP contribution in [0.15, 0.2) is 71.8 Å². The predicted molar refractivity (Wildman–Crippen MR) is 142 cm³/mol. The minimum Gasteiger partial charge on any atom is -0.494 e. The molecule has 176 valence electrons. The van der Waals surface area contributed by atoms with Crippen LogP contribution in [-0.2, 0) is 12.8 Å². The van der Waals surface area contributed by atoms with Crippen molar-refractivity contribution in [3.05, 3.63) is 89.0 Å². The molecule has 4 N–H and O–H groups in total. The van der Waals surface area contributed by atoms with Crippen molar-refractivity contribution in [1.29, 1.82) is 0 Å².